The number of carbonyl (C=O) groups is 1. The first kappa shape index (κ1) is 15.3. The van der Waals surface area contributed by atoms with Crippen molar-refractivity contribution >= 4 is 17.5 Å². The predicted octanol–water partition coefficient (Wildman–Crippen LogP) is 4.05. The zero-order valence-corrected chi connectivity index (χ0v) is 12.8. The summed E-state index contributed by atoms with van der Waals surface area (Å²) in [6.45, 7) is 3.85. The van der Waals surface area contributed by atoms with Gasteiger partial charge in [-0.3, -0.25) is 4.79 Å². The molecular weight excluding hydrogens is 277 g/mol. The number of nitrogens with one attached hydrogen (secondary N) is 1. The summed E-state index contributed by atoms with van der Waals surface area (Å²) in [5.41, 5.74) is 0.653. The van der Waals surface area contributed by atoms with E-state index in [0.717, 1.165) is 19.3 Å². The molecule has 1 amide bonds. The van der Waals surface area contributed by atoms with Crippen molar-refractivity contribution in [1.29, 1.82) is 0 Å². The van der Waals surface area contributed by atoms with Crippen molar-refractivity contribution < 1.29 is 9.18 Å². The van der Waals surface area contributed by atoms with Crippen LogP contribution >= 0.6 is 11.6 Å². The monoisotopic (exact) mass is 297 g/mol. The van der Waals surface area contributed by atoms with Crippen LogP contribution in [-0.4, -0.2) is 17.3 Å². The number of alkyl halides is 1. The van der Waals surface area contributed by atoms with Gasteiger partial charge in [0, 0.05) is 11.4 Å². The van der Waals surface area contributed by atoms with Crippen molar-refractivity contribution in [3.63, 3.8) is 0 Å². The van der Waals surface area contributed by atoms with Crippen LogP contribution in [0.3, 0.4) is 0 Å². The van der Waals surface area contributed by atoms with Crippen molar-refractivity contribution in [3.8, 4) is 0 Å². The molecule has 0 aliphatic heterocycles. The van der Waals surface area contributed by atoms with Gasteiger partial charge in [-0.25, -0.2) is 4.39 Å². The molecule has 1 N–H and O–H groups in total. The van der Waals surface area contributed by atoms with E-state index in [1.165, 1.54) is 18.6 Å². The third-order valence-electron chi connectivity index (χ3n) is 4.15. The lowest BCUT2D eigenvalue weighted by Crippen LogP contribution is -2.52. The summed E-state index contributed by atoms with van der Waals surface area (Å²) in [7, 11) is 0. The van der Waals surface area contributed by atoms with Crippen LogP contribution in [0.4, 0.5) is 4.39 Å². The maximum atomic E-state index is 13.3. The lowest BCUT2D eigenvalue weighted by atomic mass is 9.77. The van der Waals surface area contributed by atoms with Crippen LogP contribution in [0.5, 0.6) is 0 Å². The van der Waals surface area contributed by atoms with Gasteiger partial charge >= 0.3 is 0 Å². The third kappa shape index (κ3) is 3.32. The number of halogens is 2. The van der Waals surface area contributed by atoms with Crippen LogP contribution in [0.1, 0.15) is 48.5 Å². The van der Waals surface area contributed by atoms with Gasteiger partial charge in [-0.1, -0.05) is 19.8 Å². The van der Waals surface area contributed by atoms with E-state index in [1.807, 2.05) is 0 Å². The molecule has 0 aromatic heterocycles. The summed E-state index contributed by atoms with van der Waals surface area (Å²) < 4.78 is 13.3. The van der Waals surface area contributed by atoms with Crippen molar-refractivity contribution in [2.45, 2.75) is 45.1 Å². The highest BCUT2D eigenvalue weighted by molar-refractivity contribution is 6.19. The molecule has 1 aliphatic carbocycles. The van der Waals surface area contributed by atoms with E-state index in [9.17, 15) is 9.18 Å². The quantitative estimate of drug-likeness (QED) is 0.838. The summed E-state index contributed by atoms with van der Waals surface area (Å²) in [6, 6.07) is 4.44. The zero-order chi connectivity index (χ0) is 14.8. The molecule has 0 spiro atoms. The molecule has 0 saturated heterocycles. The number of hydrogen-bond acceptors (Lipinski definition) is 1. The van der Waals surface area contributed by atoms with Gasteiger partial charge in [-0.05, 0) is 49.4 Å². The van der Waals surface area contributed by atoms with Crippen LogP contribution in [0.25, 0.3) is 0 Å². The average Bonchev–Trinajstić information content (AvgIpc) is 2.41. The van der Waals surface area contributed by atoms with E-state index < -0.39 is 0 Å². The van der Waals surface area contributed by atoms with Crippen LogP contribution in [0.15, 0.2) is 18.2 Å². The normalized spacial score (nSPS) is 26.3. The minimum Gasteiger partial charge on any atom is -0.345 e. The van der Waals surface area contributed by atoms with Crippen molar-refractivity contribution in [2.24, 2.45) is 5.92 Å². The molecule has 0 heterocycles. The Hall–Kier alpha value is -1.09. The van der Waals surface area contributed by atoms with Crippen LogP contribution in [-0.2, 0) is 0 Å². The number of amides is 1. The number of hydrogen-bond donors (Lipinski definition) is 1. The fourth-order valence-electron chi connectivity index (χ4n) is 3.03. The fourth-order valence-corrected chi connectivity index (χ4v) is 3.34. The Kier molecular flexibility index (Phi) is 4.69. The van der Waals surface area contributed by atoms with Crippen molar-refractivity contribution in [3.05, 3.63) is 35.1 Å². The lowest BCUT2D eigenvalue weighted by molar-refractivity contribution is 0.0867. The van der Waals surface area contributed by atoms with E-state index in [-0.39, 0.29) is 17.3 Å². The van der Waals surface area contributed by atoms with E-state index >= 15 is 0 Å². The van der Waals surface area contributed by atoms with Gasteiger partial charge in [0.15, 0.2) is 0 Å². The standard InChI is InChI=1S/C16H21ClFNO/c1-11-4-3-7-16(9-11,10-17)19-15(20)13-5-6-14(18)12(2)8-13/h5-6,8,11H,3-4,7,9-10H2,1-2H3,(H,19,20). The van der Waals surface area contributed by atoms with Gasteiger partial charge in [-0.2, -0.15) is 0 Å². The van der Waals surface area contributed by atoms with Gasteiger partial charge in [0.1, 0.15) is 5.82 Å². The first-order valence-electron chi connectivity index (χ1n) is 7.10. The maximum absolute atomic E-state index is 13.3. The molecular formula is C16H21ClFNO. The Morgan fingerprint density at radius 3 is 2.90 bits per heavy atom. The molecule has 2 unspecified atom stereocenters. The Labute approximate surface area is 124 Å². The molecule has 2 atom stereocenters. The van der Waals surface area contributed by atoms with Gasteiger partial charge in [0.2, 0.25) is 0 Å². The summed E-state index contributed by atoms with van der Waals surface area (Å²) in [5, 5.41) is 3.08. The Bertz CT molecular complexity index is 505. The number of aryl methyl sites for hydroxylation is 1. The molecule has 2 rings (SSSR count). The summed E-state index contributed by atoms with van der Waals surface area (Å²) >= 11 is 6.12. The van der Waals surface area contributed by atoms with Gasteiger partial charge in [0.05, 0.1) is 5.54 Å². The summed E-state index contributed by atoms with van der Waals surface area (Å²) in [4.78, 5) is 12.4. The van der Waals surface area contributed by atoms with Crippen LogP contribution in [0, 0.1) is 18.7 Å². The minimum atomic E-state index is -0.321. The molecule has 0 radical (unpaired) electrons. The average molecular weight is 298 g/mol. The highest BCUT2D eigenvalue weighted by Gasteiger charge is 2.35. The Morgan fingerprint density at radius 1 is 1.55 bits per heavy atom. The Balaban J connectivity index is 2.14. The zero-order valence-electron chi connectivity index (χ0n) is 12.0. The highest BCUT2D eigenvalue weighted by atomic mass is 35.5. The second-order valence-corrected chi connectivity index (χ2v) is 6.30. The van der Waals surface area contributed by atoms with Gasteiger partial charge in [-0.15, -0.1) is 11.6 Å². The van der Waals surface area contributed by atoms with Crippen molar-refractivity contribution in [2.75, 3.05) is 5.88 Å². The van der Waals surface area contributed by atoms with E-state index in [2.05, 4.69) is 12.2 Å². The molecule has 1 saturated carbocycles. The first-order chi connectivity index (χ1) is 9.46. The maximum Gasteiger partial charge on any atom is 0.251 e. The molecule has 20 heavy (non-hydrogen) atoms. The summed E-state index contributed by atoms with van der Waals surface area (Å²) in [6.07, 6.45) is 4.08. The van der Waals surface area contributed by atoms with Crippen LogP contribution < -0.4 is 5.32 Å². The Morgan fingerprint density at radius 2 is 2.30 bits per heavy atom. The molecule has 4 heteroatoms. The van der Waals surface area contributed by atoms with Gasteiger partial charge in [0.25, 0.3) is 5.91 Å². The number of carbonyl (C=O) groups excluding carboxylic acids is 1. The van der Waals surface area contributed by atoms with E-state index in [4.69, 9.17) is 11.6 Å². The second-order valence-electron chi connectivity index (χ2n) is 6.03. The molecule has 0 bridgehead atoms. The second kappa shape index (κ2) is 6.13. The predicted molar refractivity (Wildman–Crippen MR) is 79.7 cm³/mol. The smallest absolute Gasteiger partial charge is 0.251 e. The van der Waals surface area contributed by atoms with E-state index in [0.29, 0.717) is 22.9 Å². The molecule has 1 aromatic carbocycles. The van der Waals surface area contributed by atoms with Gasteiger partial charge < -0.3 is 5.32 Å². The van der Waals surface area contributed by atoms with Crippen molar-refractivity contribution in [1.82, 2.24) is 5.32 Å². The summed E-state index contributed by atoms with van der Waals surface area (Å²) in [5.74, 6) is 0.531. The van der Waals surface area contributed by atoms with Crippen LogP contribution in [0.2, 0.25) is 0 Å². The third-order valence-corrected chi connectivity index (χ3v) is 4.66. The number of rotatable bonds is 3. The molecule has 110 valence electrons. The van der Waals surface area contributed by atoms with E-state index in [1.54, 1.807) is 13.0 Å². The fraction of sp³-hybridized carbons (Fsp3) is 0.562. The largest absolute Gasteiger partial charge is 0.345 e. The molecule has 1 aliphatic rings. The SMILES string of the molecule is Cc1cc(C(=O)NC2(CCl)CCCC(C)C2)ccc1F. The lowest BCUT2D eigenvalue weighted by Gasteiger charge is -2.39. The molecule has 2 nitrogen and oxygen atoms in total. The first-order valence-corrected chi connectivity index (χ1v) is 7.64. The molecule has 1 aromatic rings. The number of benzene rings is 1. The highest BCUT2D eigenvalue weighted by Crippen LogP contribution is 2.33. The molecule has 1 fully saturated rings. The minimum absolute atomic E-state index is 0.164. The topological polar surface area (TPSA) is 29.1 Å².